The summed E-state index contributed by atoms with van der Waals surface area (Å²) in [5.74, 6) is -0.0377. The monoisotopic (exact) mass is 412 g/mol. The molecule has 3 aromatic carbocycles. The van der Waals surface area contributed by atoms with Gasteiger partial charge in [0.05, 0.1) is 19.2 Å². The van der Waals surface area contributed by atoms with Gasteiger partial charge in [0.1, 0.15) is 11.4 Å². The van der Waals surface area contributed by atoms with Crippen LogP contribution in [0.25, 0.3) is 5.57 Å². The number of rotatable bonds is 6. The van der Waals surface area contributed by atoms with Crippen LogP contribution in [0.1, 0.15) is 22.3 Å². The van der Waals surface area contributed by atoms with Crippen LogP contribution >= 0.6 is 0 Å². The molecule has 3 aromatic rings. The maximum atomic E-state index is 13.4. The minimum Gasteiger partial charge on any atom is -0.496 e. The topological polar surface area (TPSA) is 58.6 Å². The normalized spacial score (nSPS) is 13.7. The van der Waals surface area contributed by atoms with E-state index in [4.69, 9.17) is 4.74 Å². The number of carbonyl (C=O) groups is 2. The van der Waals surface area contributed by atoms with Crippen molar-refractivity contribution in [2.75, 3.05) is 12.4 Å². The van der Waals surface area contributed by atoms with E-state index in [-0.39, 0.29) is 24.1 Å². The standard InChI is InChI=1S/C26H24N2O3/c1-17-13-14-21(18(2)15-17)27-24-23(19-9-5-4-6-10-19)25(29)28(26(24)30)16-20-11-7-8-12-22(20)31-3/h4-15,27H,16H2,1-3H3. The summed E-state index contributed by atoms with van der Waals surface area (Å²) in [5.41, 5.74) is 5.07. The number of nitrogens with one attached hydrogen (secondary N) is 1. The van der Waals surface area contributed by atoms with Crippen molar-refractivity contribution < 1.29 is 14.3 Å². The zero-order valence-electron chi connectivity index (χ0n) is 17.8. The maximum Gasteiger partial charge on any atom is 0.278 e. The van der Waals surface area contributed by atoms with Gasteiger partial charge in [-0.15, -0.1) is 0 Å². The van der Waals surface area contributed by atoms with Gasteiger partial charge >= 0.3 is 0 Å². The number of hydrogen-bond acceptors (Lipinski definition) is 4. The molecule has 0 saturated carbocycles. The Hall–Kier alpha value is -3.86. The lowest BCUT2D eigenvalue weighted by atomic mass is 10.0. The van der Waals surface area contributed by atoms with Crippen LogP contribution < -0.4 is 10.1 Å². The second kappa shape index (κ2) is 8.48. The van der Waals surface area contributed by atoms with Gasteiger partial charge in [0.15, 0.2) is 0 Å². The number of amides is 2. The summed E-state index contributed by atoms with van der Waals surface area (Å²) in [7, 11) is 1.58. The lowest BCUT2D eigenvalue weighted by molar-refractivity contribution is -0.137. The number of carbonyl (C=O) groups excluding carboxylic acids is 2. The van der Waals surface area contributed by atoms with Crippen LogP contribution in [0.4, 0.5) is 5.69 Å². The molecule has 0 aliphatic carbocycles. The van der Waals surface area contributed by atoms with Crippen LogP contribution in [0.2, 0.25) is 0 Å². The number of methoxy groups -OCH3 is 1. The van der Waals surface area contributed by atoms with Crippen molar-refractivity contribution in [1.29, 1.82) is 0 Å². The Morgan fingerprint density at radius 3 is 2.29 bits per heavy atom. The highest BCUT2D eigenvalue weighted by atomic mass is 16.5. The number of anilines is 1. The van der Waals surface area contributed by atoms with Crippen LogP contribution in [0.15, 0.2) is 78.5 Å². The molecule has 156 valence electrons. The molecule has 31 heavy (non-hydrogen) atoms. The fourth-order valence-electron chi connectivity index (χ4n) is 3.80. The Balaban J connectivity index is 1.75. The Morgan fingerprint density at radius 1 is 0.871 bits per heavy atom. The minimum atomic E-state index is -0.352. The summed E-state index contributed by atoms with van der Waals surface area (Å²) >= 11 is 0. The van der Waals surface area contributed by atoms with Gasteiger partial charge in [-0.3, -0.25) is 14.5 Å². The number of aryl methyl sites for hydroxylation is 2. The number of hydrogen-bond donors (Lipinski definition) is 1. The molecular weight excluding hydrogens is 388 g/mol. The third-order valence-electron chi connectivity index (χ3n) is 5.39. The van der Waals surface area contributed by atoms with Gasteiger partial charge in [-0.05, 0) is 37.1 Å². The van der Waals surface area contributed by atoms with E-state index in [1.54, 1.807) is 7.11 Å². The summed E-state index contributed by atoms with van der Waals surface area (Å²) in [6.45, 7) is 4.13. The number of nitrogens with zero attached hydrogens (tertiary/aromatic N) is 1. The summed E-state index contributed by atoms with van der Waals surface area (Å²) in [5, 5.41) is 3.25. The molecule has 0 radical (unpaired) electrons. The molecule has 0 saturated heterocycles. The molecule has 0 unspecified atom stereocenters. The number of ether oxygens (including phenoxy) is 1. The average molecular weight is 412 g/mol. The van der Waals surface area contributed by atoms with E-state index >= 15 is 0 Å². The van der Waals surface area contributed by atoms with Gasteiger partial charge in [-0.25, -0.2) is 0 Å². The number of imide groups is 1. The Kier molecular flexibility index (Phi) is 5.58. The first-order valence-electron chi connectivity index (χ1n) is 10.1. The second-order valence-corrected chi connectivity index (χ2v) is 7.57. The van der Waals surface area contributed by atoms with Crippen LogP contribution in [0.3, 0.4) is 0 Å². The molecule has 0 atom stereocenters. The van der Waals surface area contributed by atoms with Crippen molar-refractivity contribution >= 4 is 23.1 Å². The van der Waals surface area contributed by atoms with Crippen molar-refractivity contribution in [3.8, 4) is 5.75 Å². The highest BCUT2D eigenvalue weighted by Crippen LogP contribution is 2.33. The first-order chi connectivity index (χ1) is 15.0. The predicted octanol–water partition coefficient (Wildman–Crippen LogP) is 4.70. The lowest BCUT2D eigenvalue weighted by Crippen LogP contribution is -2.32. The summed E-state index contributed by atoms with van der Waals surface area (Å²) < 4.78 is 5.41. The lowest BCUT2D eigenvalue weighted by Gasteiger charge is -2.17. The van der Waals surface area contributed by atoms with Gasteiger partial charge < -0.3 is 10.1 Å². The summed E-state index contributed by atoms with van der Waals surface area (Å²) in [4.78, 5) is 28.1. The highest BCUT2D eigenvalue weighted by Gasteiger charge is 2.39. The van der Waals surface area contributed by atoms with Gasteiger partial charge in [-0.2, -0.15) is 0 Å². The van der Waals surface area contributed by atoms with Crippen LogP contribution in [0, 0.1) is 13.8 Å². The highest BCUT2D eigenvalue weighted by molar-refractivity contribution is 6.36. The molecular formula is C26H24N2O3. The zero-order valence-corrected chi connectivity index (χ0v) is 17.8. The third-order valence-corrected chi connectivity index (χ3v) is 5.39. The maximum absolute atomic E-state index is 13.4. The first-order valence-corrected chi connectivity index (χ1v) is 10.1. The van der Waals surface area contributed by atoms with Crippen molar-refractivity contribution in [2.45, 2.75) is 20.4 Å². The van der Waals surface area contributed by atoms with Crippen molar-refractivity contribution in [3.05, 3.63) is 101 Å². The Labute approximate surface area is 182 Å². The molecule has 2 amide bonds. The van der Waals surface area contributed by atoms with Crippen molar-refractivity contribution in [2.24, 2.45) is 0 Å². The number of para-hydroxylation sites is 1. The minimum absolute atomic E-state index is 0.135. The van der Waals surface area contributed by atoms with E-state index in [0.717, 1.165) is 22.4 Å². The van der Waals surface area contributed by atoms with Gasteiger partial charge in [0.2, 0.25) is 0 Å². The van der Waals surface area contributed by atoms with Gasteiger partial charge in [-0.1, -0.05) is 66.2 Å². The smallest absolute Gasteiger partial charge is 0.278 e. The predicted molar refractivity (Wildman–Crippen MR) is 121 cm³/mol. The fraction of sp³-hybridized carbons (Fsp3) is 0.154. The number of benzene rings is 3. The van der Waals surface area contributed by atoms with Crippen molar-refractivity contribution in [1.82, 2.24) is 4.90 Å². The molecule has 4 rings (SSSR count). The molecule has 5 heteroatoms. The van der Waals surface area contributed by atoms with Crippen LogP contribution in [-0.2, 0) is 16.1 Å². The molecule has 0 aromatic heterocycles. The molecule has 1 heterocycles. The van der Waals surface area contributed by atoms with E-state index in [2.05, 4.69) is 5.32 Å². The van der Waals surface area contributed by atoms with Crippen LogP contribution in [0.5, 0.6) is 5.75 Å². The quantitative estimate of drug-likeness (QED) is 0.596. The van der Waals surface area contributed by atoms with E-state index in [1.807, 2.05) is 86.6 Å². The second-order valence-electron chi connectivity index (χ2n) is 7.57. The third kappa shape index (κ3) is 3.94. The Bertz CT molecular complexity index is 1180. The molecule has 0 bridgehead atoms. The molecule has 0 spiro atoms. The van der Waals surface area contributed by atoms with E-state index < -0.39 is 0 Å². The molecule has 1 aliphatic heterocycles. The van der Waals surface area contributed by atoms with Crippen LogP contribution in [-0.4, -0.2) is 23.8 Å². The molecule has 0 fully saturated rings. The molecule has 1 N–H and O–H groups in total. The summed E-state index contributed by atoms with van der Waals surface area (Å²) in [6, 6.07) is 22.6. The SMILES string of the molecule is COc1ccccc1CN1C(=O)C(Nc2ccc(C)cc2C)=C(c2ccccc2)C1=O. The largest absolute Gasteiger partial charge is 0.496 e. The molecule has 1 aliphatic rings. The van der Waals surface area contributed by atoms with Crippen molar-refractivity contribution in [3.63, 3.8) is 0 Å². The fourth-order valence-corrected chi connectivity index (χ4v) is 3.80. The first kappa shape index (κ1) is 20.4. The van der Waals surface area contributed by atoms with E-state index in [0.29, 0.717) is 16.9 Å². The van der Waals surface area contributed by atoms with E-state index in [9.17, 15) is 9.59 Å². The molecule has 5 nitrogen and oxygen atoms in total. The van der Waals surface area contributed by atoms with Gasteiger partial charge in [0.25, 0.3) is 11.8 Å². The van der Waals surface area contributed by atoms with E-state index in [1.165, 1.54) is 4.90 Å². The summed E-state index contributed by atoms with van der Waals surface area (Å²) in [6.07, 6.45) is 0. The Morgan fingerprint density at radius 2 is 1.58 bits per heavy atom. The average Bonchev–Trinajstić information content (AvgIpc) is 3.00. The zero-order chi connectivity index (χ0) is 22.0. The van der Waals surface area contributed by atoms with Gasteiger partial charge in [0, 0.05) is 11.3 Å².